The minimum Gasteiger partial charge on any atom is -0.302 e. The zero-order valence-corrected chi connectivity index (χ0v) is 13.2. The lowest BCUT2D eigenvalue weighted by Gasteiger charge is -2.39. The molecule has 0 spiro atoms. The van der Waals surface area contributed by atoms with Crippen LogP contribution >= 0.6 is 15.9 Å². The lowest BCUT2D eigenvalue weighted by Crippen LogP contribution is -2.47. The van der Waals surface area contributed by atoms with Gasteiger partial charge in [-0.2, -0.15) is 0 Å². The van der Waals surface area contributed by atoms with E-state index in [1.807, 2.05) is 6.07 Å². The molecule has 104 valence electrons. The quantitative estimate of drug-likeness (QED) is 0.860. The zero-order chi connectivity index (χ0) is 13.4. The highest BCUT2D eigenvalue weighted by molar-refractivity contribution is 9.10. The summed E-state index contributed by atoms with van der Waals surface area (Å²) < 4.78 is 0.879. The summed E-state index contributed by atoms with van der Waals surface area (Å²) in [4.78, 5) is 9.14. The van der Waals surface area contributed by atoms with Gasteiger partial charge in [-0.25, -0.2) is 15.0 Å². The van der Waals surface area contributed by atoms with Gasteiger partial charge in [0.15, 0.2) is 0 Å². The van der Waals surface area contributed by atoms with Gasteiger partial charge in [0.1, 0.15) is 16.2 Å². The predicted octanol–water partition coefficient (Wildman–Crippen LogP) is 3.71. The molecule has 0 radical (unpaired) electrons. The monoisotopic (exact) mass is 324 g/mol. The van der Waals surface area contributed by atoms with E-state index in [0.717, 1.165) is 16.2 Å². The summed E-state index contributed by atoms with van der Waals surface area (Å²) in [7, 11) is 0. The SMILES string of the molecule is CC1CCCC(C)N1Nc1cc(Br)nc(C2CC2)n1. The second kappa shape index (κ2) is 5.37. The third-order valence-corrected chi connectivity index (χ3v) is 4.50. The van der Waals surface area contributed by atoms with E-state index in [0.29, 0.717) is 18.0 Å². The number of nitrogens with zero attached hydrogens (tertiary/aromatic N) is 3. The Morgan fingerprint density at radius 2 is 1.84 bits per heavy atom. The highest BCUT2D eigenvalue weighted by Crippen LogP contribution is 2.39. The molecule has 1 aromatic rings. The fourth-order valence-corrected chi connectivity index (χ4v) is 3.19. The van der Waals surface area contributed by atoms with Gasteiger partial charge in [0.05, 0.1) is 0 Å². The number of nitrogens with one attached hydrogen (secondary N) is 1. The molecule has 2 aliphatic rings. The third-order valence-electron chi connectivity index (χ3n) is 4.09. The fraction of sp³-hybridized carbons (Fsp3) is 0.714. The third kappa shape index (κ3) is 3.08. The Hall–Kier alpha value is -0.680. The number of piperidine rings is 1. The summed E-state index contributed by atoms with van der Waals surface area (Å²) in [5.74, 6) is 2.48. The van der Waals surface area contributed by atoms with E-state index in [1.54, 1.807) is 0 Å². The smallest absolute Gasteiger partial charge is 0.145 e. The van der Waals surface area contributed by atoms with E-state index in [-0.39, 0.29) is 0 Å². The summed E-state index contributed by atoms with van der Waals surface area (Å²) in [6.45, 7) is 4.56. The maximum Gasteiger partial charge on any atom is 0.145 e. The van der Waals surface area contributed by atoms with Crippen LogP contribution in [0.3, 0.4) is 0 Å². The number of halogens is 1. The van der Waals surface area contributed by atoms with E-state index >= 15 is 0 Å². The average molecular weight is 325 g/mol. The Bertz CT molecular complexity index is 451. The highest BCUT2D eigenvalue weighted by atomic mass is 79.9. The van der Waals surface area contributed by atoms with Crippen LogP contribution in [0.4, 0.5) is 5.82 Å². The van der Waals surface area contributed by atoms with Crippen LogP contribution in [-0.4, -0.2) is 27.1 Å². The van der Waals surface area contributed by atoms with E-state index in [2.05, 4.69) is 50.2 Å². The van der Waals surface area contributed by atoms with Crippen molar-refractivity contribution >= 4 is 21.7 Å². The first-order valence-electron chi connectivity index (χ1n) is 7.23. The molecule has 19 heavy (non-hydrogen) atoms. The van der Waals surface area contributed by atoms with Gasteiger partial charge >= 0.3 is 0 Å². The Labute approximate surface area is 123 Å². The molecule has 1 aliphatic heterocycles. The minimum atomic E-state index is 0.557. The van der Waals surface area contributed by atoms with Crippen molar-refractivity contribution in [3.8, 4) is 0 Å². The number of hydrazine groups is 1. The van der Waals surface area contributed by atoms with Crippen LogP contribution in [0.1, 0.15) is 57.7 Å². The lowest BCUT2D eigenvalue weighted by molar-refractivity contribution is 0.135. The van der Waals surface area contributed by atoms with Crippen molar-refractivity contribution in [2.45, 2.75) is 64.0 Å². The van der Waals surface area contributed by atoms with Crippen LogP contribution < -0.4 is 5.43 Å². The Morgan fingerprint density at radius 1 is 1.16 bits per heavy atom. The van der Waals surface area contributed by atoms with Gasteiger partial charge in [0.2, 0.25) is 0 Å². The number of aromatic nitrogens is 2. The largest absolute Gasteiger partial charge is 0.302 e. The Morgan fingerprint density at radius 3 is 2.47 bits per heavy atom. The predicted molar refractivity (Wildman–Crippen MR) is 79.9 cm³/mol. The van der Waals surface area contributed by atoms with Gasteiger partial charge in [-0.15, -0.1) is 0 Å². The van der Waals surface area contributed by atoms with Crippen LogP contribution in [0.2, 0.25) is 0 Å². The molecule has 1 saturated heterocycles. The van der Waals surface area contributed by atoms with Crippen LogP contribution in [0, 0.1) is 0 Å². The molecule has 1 aromatic heterocycles. The molecule has 3 rings (SSSR count). The minimum absolute atomic E-state index is 0.557. The van der Waals surface area contributed by atoms with Gasteiger partial charge in [-0.1, -0.05) is 6.42 Å². The van der Waals surface area contributed by atoms with Gasteiger partial charge < -0.3 is 5.43 Å². The molecule has 1 saturated carbocycles. The first-order valence-corrected chi connectivity index (χ1v) is 8.02. The normalized spacial score (nSPS) is 28.4. The van der Waals surface area contributed by atoms with Gasteiger partial charge in [-0.05, 0) is 55.5 Å². The summed E-state index contributed by atoms with van der Waals surface area (Å²) in [6.07, 6.45) is 6.28. The Kier molecular flexibility index (Phi) is 3.76. The van der Waals surface area contributed by atoms with Crippen molar-refractivity contribution in [1.82, 2.24) is 15.0 Å². The van der Waals surface area contributed by atoms with E-state index in [4.69, 9.17) is 0 Å². The van der Waals surface area contributed by atoms with Crippen LogP contribution in [0.15, 0.2) is 10.7 Å². The van der Waals surface area contributed by atoms with E-state index < -0.39 is 0 Å². The topological polar surface area (TPSA) is 41.0 Å². The molecule has 1 aliphatic carbocycles. The molecule has 0 bridgehead atoms. The first-order chi connectivity index (χ1) is 9.13. The summed E-state index contributed by atoms with van der Waals surface area (Å²) >= 11 is 3.49. The molecule has 2 atom stereocenters. The maximum atomic E-state index is 4.66. The summed E-state index contributed by atoms with van der Waals surface area (Å²) in [5.41, 5.74) is 3.50. The molecule has 2 fully saturated rings. The Balaban J connectivity index is 1.78. The van der Waals surface area contributed by atoms with Crippen LogP contribution in [0.25, 0.3) is 0 Å². The van der Waals surface area contributed by atoms with Crippen molar-refractivity contribution in [3.05, 3.63) is 16.5 Å². The summed E-state index contributed by atoms with van der Waals surface area (Å²) in [5, 5.41) is 2.34. The fourth-order valence-electron chi connectivity index (χ4n) is 2.79. The van der Waals surface area contributed by atoms with Crippen molar-refractivity contribution in [1.29, 1.82) is 0 Å². The van der Waals surface area contributed by atoms with Crippen LogP contribution in [-0.2, 0) is 0 Å². The first kappa shape index (κ1) is 13.3. The highest BCUT2D eigenvalue weighted by Gasteiger charge is 2.28. The van der Waals surface area contributed by atoms with Crippen molar-refractivity contribution in [3.63, 3.8) is 0 Å². The van der Waals surface area contributed by atoms with Gasteiger partial charge in [0, 0.05) is 24.1 Å². The average Bonchev–Trinajstić information content (AvgIpc) is 3.17. The number of hydrogen-bond acceptors (Lipinski definition) is 4. The van der Waals surface area contributed by atoms with Crippen molar-refractivity contribution < 1.29 is 0 Å². The molecule has 0 aromatic carbocycles. The molecule has 1 N–H and O–H groups in total. The van der Waals surface area contributed by atoms with E-state index in [9.17, 15) is 0 Å². The molecule has 2 unspecified atom stereocenters. The molecule has 4 nitrogen and oxygen atoms in total. The number of rotatable bonds is 3. The molecular formula is C14H21BrN4. The van der Waals surface area contributed by atoms with Crippen molar-refractivity contribution in [2.24, 2.45) is 0 Å². The van der Waals surface area contributed by atoms with Gasteiger partial charge in [0.25, 0.3) is 0 Å². The number of anilines is 1. The summed E-state index contributed by atoms with van der Waals surface area (Å²) in [6, 6.07) is 3.09. The number of hydrogen-bond donors (Lipinski definition) is 1. The molecular weight excluding hydrogens is 304 g/mol. The standard InChI is InChI=1S/C14H21BrN4/c1-9-4-3-5-10(2)19(9)18-13-8-12(15)16-14(17-13)11-6-7-11/h8-11H,3-7H2,1-2H3,(H,16,17,18). The molecule has 5 heteroatoms. The van der Waals surface area contributed by atoms with Gasteiger partial charge in [-0.3, -0.25) is 0 Å². The lowest BCUT2D eigenvalue weighted by atomic mass is 10.00. The maximum absolute atomic E-state index is 4.66. The second-order valence-corrected chi connectivity index (χ2v) is 6.67. The molecule has 0 amide bonds. The molecule has 2 heterocycles. The second-order valence-electron chi connectivity index (χ2n) is 5.86. The zero-order valence-electron chi connectivity index (χ0n) is 11.6. The van der Waals surface area contributed by atoms with Crippen molar-refractivity contribution in [2.75, 3.05) is 5.43 Å². The van der Waals surface area contributed by atoms with Crippen LogP contribution in [0.5, 0.6) is 0 Å². The van der Waals surface area contributed by atoms with E-state index in [1.165, 1.54) is 32.1 Å².